The lowest BCUT2D eigenvalue weighted by Crippen LogP contribution is -2.23. The summed E-state index contributed by atoms with van der Waals surface area (Å²) in [6, 6.07) is 5.87. The lowest BCUT2D eigenvalue weighted by atomic mass is 10.0. The summed E-state index contributed by atoms with van der Waals surface area (Å²) in [5, 5.41) is 0.443. The van der Waals surface area contributed by atoms with E-state index in [1.807, 2.05) is 32.0 Å². The van der Waals surface area contributed by atoms with Crippen LogP contribution in [0, 0.1) is 13.8 Å². The molecule has 0 spiro atoms. The lowest BCUT2D eigenvalue weighted by molar-refractivity contribution is -0.117. The maximum Gasteiger partial charge on any atom is 0.260 e. The van der Waals surface area contributed by atoms with Gasteiger partial charge in [-0.2, -0.15) is 0 Å². The molecule has 0 radical (unpaired) electrons. The molecular weight excluding hydrogens is 370 g/mol. The highest BCUT2D eigenvalue weighted by molar-refractivity contribution is 8.00. The number of nitrogens with two attached hydrogens (primary N) is 1. The Morgan fingerprint density at radius 2 is 2.12 bits per heavy atom. The van der Waals surface area contributed by atoms with Crippen LogP contribution in [-0.4, -0.2) is 28.2 Å². The van der Waals surface area contributed by atoms with Gasteiger partial charge in [0, 0.05) is 16.0 Å². The quantitative estimate of drug-likeness (QED) is 0.516. The van der Waals surface area contributed by atoms with Gasteiger partial charge in [-0.05, 0) is 32.9 Å². The second kappa shape index (κ2) is 7.13. The van der Waals surface area contributed by atoms with Gasteiger partial charge in [0.1, 0.15) is 10.6 Å². The highest BCUT2D eigenvalue weighted by Gasteiger charge is 2.21. The molecule has 1 unspecified atom stereocenters. The maximum absolute atomic E-state index is 12.8. The second-order valence-electron chi connectivity index (χ2n) is 5.95. The number of primary amides is 1. The molecule has 0 bridgehead atoms. The molecule has 0 saturated heterocycles. The Morgan fingerprint density at radius 3 is 2.77 bits per heavy atom. The molecular formula is C18H19N3O3S2. The van der Waals surface area contributed by atoms with E-state index >= 15 is 0 Å². The van der Waals surface area contributed by atoms with Crippen molar-refractivity contribution >= 4 is 39.2 Å². The van der Waals surface area contributed by atoms with E-state index in [0.29, 0.717) is 21.1 Å². The molecule has 0 aliphatic carbocycles. The molecule has 0 fully saturated rings. The monoisotopic (exact) mass is 389 g/mol. The van der Waals surface area contributed by atoms with Gasteiger partial charge in [0.2, 0.25) is 5.91 Å². The molecule has 6 nitrogen and oxygen atoms in total. The number of thiophene rings is 1. The zero-order chi connectivity index (χ0) is 19.0. The Kier molecular flexibility index (Phi) is 5.06. The summed E-state index contributed by atoms with van der Waals surface area (Å²) < 4.78 is 5.49. The first-order chi connectivity index (χ1) is 12.3. The number of carbonyl (C=O) groups is 1. The van der Waals surface area contributed by atoms with E-state index in [2.05, 4.69) is 9.97 Å². The number of aryl methyl sites for hydroxylation is 2. The number of ether oxygens (including phenoxy) is 1. The zero-order valence-electron chi connectivity index (χ0n) is 14.9. The standard InChI is InChI=1S/C18H19N3O3S2/c1-8-5-6-12(24-4)11(7-8)13-9(2)25-17-14(13)16(23)20-18(21-17)26-10(3)15(19)22/h5-7,10H,1-4H3,(H2,19,22)(H,20,21,23). The molecule has 26 heavy (non-hydrogen) atoms. The minimum atomic E-state index is -0.479. The fourth-order valence-electron chi connectivity index (χ4n) is 2.72. The van der Waals surface area contributed by atoms with E-state index < -0.39 is 11.2 Å². The number of H-pyrrole nitrogens is 1. The second-order valence-corrected chi connectivity index (χ2v) is 8.48. The first-order valence-corrected chi connectivity index (χ1v) is 9.65. The highest BCUT2D eigenvalue weighted by Crippen LogP contribution is 2.40. The molecule has 2 aromatic heterocycles. The Hall–Kier alpha value is -2.32. The third kappa shape index (κ3) is 3.34. The van der Waals surface area contributed by atoms with Gasteiger partial charge in [0.05, 0.1) is 17.7 Å². The third-order valence-electron chi connectivity index (χ3n) is 4.03. The molecule has 3 aromatic rings. The molecule has 8 heteroatoms. The SMILES string of the molecule is COc1ccc(C)cc1-c1c(C)sc2nc(SC(C)C(N)=O)[nH]c(=O)c12. The normalized spacial score (nSPS) is 12.3. The van der Waals surface area contributed by atoms with Crippen LogP contribution in [0.25, 0.3) is 21.3 Å². The smallest absolute Gasteiger partial charge is 0.260 e. The average Bonchev–Trinajstić information content (AvgIpc) is 2.90. The predicted octanol–water partition coefficient (Wildman–Crippen LogP) is 3.24. The topological polar surface area (TPSA) is 98.1 Å². The van der Waals surface area contributed by atoms with Crippen molar-refractivity contribution in [3.63, 3.8) is 0 Å². The van der Waals surface area contributed by atoms with Crippen molar-refractivity contribution < 1.29 is 9.53 Å². The number of thioether (sulfide) groups is 1. The number of fused-ring (bicyclic) bond motifs is 1. The van der Waals surface area contributed by atoms with Crippen LogP contribution in [0.1, 0.15) is 17.4 Å². The van der Waals surface area contributed by atoms with E-state index in [4.69, 9.17) is 10.5 Å². The van der Waals surface area contributed by atoms with Gasteiger partial charge < -0.3 is 15.5 Å². The summed E-state index contributed by atoms with van der Waals surface area (Å²) >= 11 is 2.59. The minimum absolute atomic E-state index is 0.239. The van der Waals surface area contributed by atoms with Crippen LogP contribution in [0.15, 0.2) is 28.2 Å². The fraction of sp³-hybridized carbons (Fsp3) is 0.278. The van der Waals surface area contributed by atoms with Crippen molar-refractivity contribution in [2.24, 2.45) is 5.73 Å². The molecule has 0 aliphatic rings. The predicted molar refractivity (Wildman–Crippen MR) is 106 cm³/mol. The van der Waals surface area contributed by atoms with Crippen LogP contribution < -0.4 is 16.0 Å². The number of carbonyl (C=O) groups excluding carboxylic acids is 1. The van der Waals surface area contributed by atoms with E-state index in [0.717, 1.165) is 33.3 Å². The molecule has 3 rings (SSSR count). The molecule has 0 saturated carbocycles. The number of hydrogen-bond acceptors (Lipinski definition) is 6. The molecule has 2 heterocycles. The van der Waals surface area contributed by atoms with E-state index in [1.165, 1.54) is 11.3 Å². The molecule has 1 aromatic carbocycles. The van der Waals surface area contributed by atoms with Crippen molar-refractivity contribution in [2.45, 2.75) is 31.2 Å². The Bertz CT molecular complexity index is 1060. The Morgan fingerprint density at radius 1 is 1.38 bits per heavy atom. The fourth-order valence-corrected chi connectivity index (χ4v) is 4.56. The Labute approximate surface area is 158 Å². The van der Waals surface area contributed by atoms with Gasteiger partial charge in [0.15, 0.2) is 5.16 Å². The van der Waals surface area contributed by atoms with Crippen LogP contribution in [0.4, 0.5) is 0 Å². The van der Waals surface area contributed by atoms with Crippen LogP contribution in [0.2, 0.25) is 0 Å². The van der Waals surface area contributed by atoms with Crippen molar-refractivity contribution in [3.05, 3.63) is 39.0 Å². The Balaban J connectivity index is 2.21. The molecule has 1 amide bonds. The van der Waals surface area contributed by atoms with Gasteiger partial charge >= 0.3 is 0 Å². The summed E-state index contributed by atoms with van der Waals surface area (Å²) in [6.07, 6.45) is 0. The van der Waals surface area contributed by atoms with E-state index in [1.54, 1.807) is 14.0 Å². The number of amides is 1. The highest BCUT2D eigenvalue weighted by atomic mass is 32.2. The number of rotatable bonds is 5. The number of methoxy groups -OCH3 is 1. The average molecular weight is 390 g/mol. The van der Waals surface area contributed by atoms with Crippen molar-refractivity contribution in [3.8, 4) is 16.9 Å². The van der Waals surface area contributed by atoms with Crippen molar-refractivity contribution in [1.29, 1.82) is 0 Å². The van der Waals surface area contributed by atoms with Crippen molar-refractivity contribution in [1.82, 2.24) is 9.97 Å². The number of benzene rings is 1. The summed E-state index contributed by atoms with van der Waals surface area (Å²) in [7, 11) is 1.61. The largest absolute Gasteiger partial charge is 0.496 e. The lowest BCUT2D eigenvalue weighted by Gasteiger charge is -2.10. The first-order valence-electron chi connectivity index (χ1n) is 7.96. The van der Waals surface area contributed by atoms with Gasteiger partial charge in [-0.25, -0.2) is 4.98 Å². The molecule has 0 aliphatic heterocycles. The van der Waals surface area contributed by atoms with Gasteiger partial charge in [-0.3, -0.25) is 9.59 Å². The number of hydrogen-bond donors (Lipinski definition) is 2. The van der Waals surface area contributed by atoms with Gasteiger partial charge in [0.25, 0.3) is 5.56 Å². The van der Waals surface area contributed by atoms with Crippen LogP contribution >= 0.6 is 23.1 Å². The third-order valence-corrected chi connectivity index (χ3v) is 6.03. The number of aromatic amines is 1. The van der Waals surface area contributed by atoms with Crippen LogP contribution in [0.3, 0.4) is 0 Å². The summed E-state index contributed by atoms with van der Waals surface area (Å²) in [6.45, 7) is 5.64. The minimum Gasteiger partial charge on any atom is -0.496 e. The molecule has 1 atom stereocenters. The summed E-state index contributed by atoms with van der Waals surface area (Å²) in [5.41, 5.74) is 7.83. The zero-order valence-corrected chi connectivity index (χ0v) is 16.5. The summed E-state index contributed by atoms with van der Waals surface area (Å²) in [5.74, 6) is 0.254. The first kappa shape index (κ1) is 18.5. The summed E-state index contributed by atoms with van der Waals surface area (Å²) in [4.78, 5) is 32.9. The number of nitrogens with one attached hydrogen (secondary N) is 1. The maximum atomic E-state index is 12.8. The van der Waals surface area contributed by atoms with Crippen molar-refractivity contribution in [2.75, 3.05) is 7.11 Å². The van der Waals surface area contributed by atoms with Crippen LogP contribution in [0.5, 0.6) is 5.75 Å². The van der Waals surface area contributed by atoms with E-state index in [-0.39, 0.29) is 5.56 Å². The van der Waals surface area contributed by atoms with Gasteiger partial charge in [-0.15, -0.1) is 11.3 Å². The van der Waals surface area contributed by atoms with Crippen LogP contribution in [-0.2, 0) is 4.79 Å². The van der Waals surface area contributed by atoms with E-state index in [9.17, 15) is 9.59 Å². The molecule has 3 N–H and O–H groups in total. The number of aromatic nitrogens is 2. The number of nitrogens with zero attached hydrogens (tertiary/aromatic N) is 1. The van der Waals surface area contributed by atoms with Gasteiger partial charge in [-0.1, -0.05) is 23.4 Å². The molecule has 136 valence electrons.